The molecule has 238 valence electrons. The minimum Gasteiger partial charge on any atom is -0.294 e. The second-order valence-corrected chi connectivity index (χ2v) is 13.1. The fourth-order valence-electron chi connectivity index (χ4n) is 7.90. The Labute approximate surface area is 296 Å². The fraction of sp³-hybridized carbons (Fsp3) is 0. The van der Waals surface area contributed by atoms with Gasteiger partial charge in [-0.05, 0) is 102 Å². The van der Waals surface area contributed by atoms with Crippen molar-refractivity contribution in [1.82, 2.24) is 9.55 Å². The fourth-order valence-corrected chi connectivity index (χ4v) is 7.90. The quantitative estimate of drug-likeness (QED) is 0.170. The van der Waals surface area contributed by atoms with Gasteiger partial charge in [-0.2, -0.15) is 0 Å². The van der Waals surface area contributed by atoms with Crippen molar-refractivity contribution in [1.29, 1.82) is 0 Å². The molecular weight excluding hydrogens is 617 g/mol. The molecule has 0 saturated carbocycles. The average Bonchev–Trinajstić information content (AvgIpc) is 3.54. The topological polar surface area (TPSA) is 17.8 Å². The molecule has 2 heteroatoms. The zero-order valence-electron chi connectivity index (χ0n) is 27.9. The third kappa shape index (κ3) is 4.84. The first kappa shape index (κ1) is 29.2. The van der Waals surface area contributed by atoms with Gasteiger partial charge >= 0.3 is 0 Å². The Morgan fingerprint density at radius 2 is 0.745 bits per heavy atom. The van der Waals surface area contributed by atoms with Crippen molar-refractivity contribution in [2.45, 2.75) is 0 Å². The molecule has 2 aromatic heterocycles. The van der Waals surface area contributed by atoms with Crippen LogP contribution in [-0.2, 0) is 0 Å². The number of hydrogen-bond acceptors (Lipinski definition) is 1. The monoisotopic (exact) mass is 648 g/mol. The van der Waals surface area contributed by atoms with Gasteiger partial charge in [0.1, 0.15) is 5.65 Å². The number of benzene rings is 8. The number of rotatable bonds is 5. The lowest BCUT2D eigenvalue weighted by atomic mass is 9.85. The van der Waals surface area contributed by atoms with Crippen LogP contribution in [0.3, 0.4) is 0 Å². The van der Waals surface area contributed by atoms with Crippen molar-refractivity contribution in [3.05, 3.63) is 194 Å². The summed E-state index contributed by atoms with van der Waals surface area (Å²) >= 11 is 0. The number of fused-ring (bicyclic) bond motifs is 5. The molecular formula is C49H32N2. The van der Waals surface area contributed by atoms with E-state index in [9.17, 15) is 0 Å². The first-order valence-corrected chi connectivity index (χ1v) is 17.5. The molecule has 0 N–H and O–H groups in total. The second kappa shape index (κ2) is 12.0. The zero-order valence-corrected chi connectivity index (χ0v) is 27.9. The predicted molar refractivity (Wildman–Crippen MR) is 215 cm³/mol. The van der Waals surface area contributed by atoms with Gasteiger partial charge in [0.2, 0.25) is 0 Å². The van der Waals surface area contributed by atoms with Crippen LogP contribution in [0.5, 0.6) is 0 Å². The molecule has 10 aromatic rings. The molecule has 0 amide bonds. The molecule has 51 heavy (non-hydrogen) atoms. The Bertz CT molecular complexity index is 2810. The van der Waals surface area contributed by atoms with Crippen LogP contribution >= 0.6 is 0 Å². The molecule has 10 rings (SSSR count). The summed E-state index contributed by atoms with van der Waals surface area (Å²) in [5, 5.41) is 7.39. The van der Waals surface area contributed by atoms with Crippen LogP contribution in [0.4, 0.5) is 0 Å². The first-order chi connectivity index (χ1) is 25.3. The van der Waals surface area contributed by atoms with E-state index in [1.54, 1.807) is 0 Å². The van der Waals surface area contributed by atoms with E-state index in [4.69, 9.17) is 4.98 Å². The summed E-state index contributed by atoms with van der Waals surface area (Å²) in [6, 6.07) is 68.0. The highest BCUT2D eigenvalue weighted by Gasteiger charge is 2.18. The Balaban J connectivity index is 1.09. The van der Waals surface area contributed by atoms with Crippen molar-refractivity contribution in [2.24, 2.45) is 0 Å². The molecule has 0 unspecified atom stereocenters. The summed E-state index contributed by atoms with van der Waals surface area (Å²) in [5.74, 6) is 0. The van der Waals surface area contributed by atoms with Crippen molar-refractivity contribution < 1.29 is 0 Å². The van der Waals surface area contributed by atoms with E-state index in [2.05, 4.69) is 187 Å². The van der Waals surface area contributed by atoms with Gasteiger partial charge in [-0.3, -0.25) is 4.57 Å². The molecule has 0 spiro atoms. The number of hydrogen-bond donors (Lipinski definition) is 0. The molecule has 2 nitrogen and oxygen atoms in total. The Morgan fingerprint density at radius 1 is 0.314 bits per heavy atom. The average molecular weight is 649 g/mol. The lowest BCUT2D eigenvalue weighted by Crippen LogP contribution is -1.94. The zero-order chi connectivity index (χ0) is 33.7. The summed E-state index contributed by atoms with van der Waals surface area (Å²) in [4.78, 5) is 4.80. The molecule has 0 bridgehead atoms. The third-order valence-electron chi connectivity index (χ3n) is 10.3. The van der Waals surface area contributed by atoms with Crippen molar-refractivity contribution in [3.63, 3.8) is 0 Å². The molecule has 0 atom stereocenters. The van der Waals surface area contributed by atoms with Crippen LogP contribution in [0.25, 0.3) is 93.7 Å². The van der Waals surface area contributed by atoms with Crippen LogP contribution in [0.1, 0.15) is 0 Å². The summed E-state index contributed by atoms with van der Waals surface area (Å²) in [6.45, 7) is 0. The van der Waals surface area contributed by atoms with Crippen molar-refractivity contribution >= 4 is 43.5 Å². The van der Waals surface area contributed by atoms with Crippen LogP contribution in [0, 0.1) is 0 Å². The molecule has 0 radical (unpaired) electrons. The largest absolute Gasteiger partial charge is 0.294 e. The predicted octanol–water partition coefficient (Wildman–Crippen LogP) is 13.2. The Morgan fingerprint density at radius 3 is 1.31 bits per heavy atom. The summed E-state index contributed by atoms with van der Waals surface area (Å²) in [6.07, 6.45) is 1.88. The van der Waals surface area contributed by atoms with E-state index >= 15 is 0 Å². The SMILES string of the molecule is c1ccc(-c2ccc(-c3c4ccccc4c(-c4ccc(-c5ccc6c(c5)c5cccnc5n6-c5ccccc5)cc4)c4ccccc34)cc2)cc1. The van der Waals surface area contributed by atoms with Gasteiger partial charge in [-0.1, -0.05) is 152 Å². The molecule has 0 aliphatic rings. The molecule has 0 aliphatic carbocycles. The summed E-state index contributed by atoms with van der Waals surface area (Å²) < 4.78 is 2.26. The van der Waals surface area contributed by atoms with Crippen LogP contribution in [-0.4, -0.2) is 9.55 Å². The molecule has 0 aliphatic heterocycles. The number of para-hydroxylation sites is 1. The summed E-state index contributed by atoms with van der Waals surface area (Å²) in [5.41, 5.74) is 13.1. The highest BCUT2D eigenvalue weighted by molar-refractivity contribution is 6.21. The van der Waals surface area contributed by atoms with Crippen molar-refractivity contribution in [2.75, 3.05) is 0 Å². The van der Waals surface area contributed by atoms with Gasteiger partial charge in [0.05, 0.1) is 5.52 Å². The molecule has 0 fully saturated rings. The maximum atomic E-state index is 4.80. The molecule has 2 heterocycles. The minimum absolute atomic E-state index is 0.973. The maximum Gasteiger partial charge on any atom is 0.145 e. The van der Waals surface area contributed by atoms with E-state index in [1.165, 1.54) is 71.4 Å². The lowest BCUT2D eigenvalue weighted by molar-refractivity contribution is 1.14. The van der Waals surface area contributed by atoms with E-state index in [0.717, 1.165) is 22.2 Å². The van der Waals surface area contributed by atoms with Gasteiger partial charge in [-0.15, -0.1) is 0 Å². The number of pyridine rings is 1. The van der Waals surface area contributed by atoms with E-state index in [-0.39, 0.29) is 0 Å². The molecule has 0 saturated heterocycles. The number of aromatic nitrogens is 2. The van der Waals surface area contributed by atoms with Gasteiger partial charge in [0, 0.05) is 22.7 Å². The highest BCUT2D eigenvalue weighted by Crippen LogP contribution is 2.44. The lowest BCUT2D eigenvalue weighted by Gasteiger charge is -2.18. The summed E-state index contributed by atoms with van der Waals surface area (Å²) in [7, 11) is 0. The van der Waals surface area contributed by atoms with E-state index < -0.39 is 0 Å². The Kier molecular flexibility index (Phi) is 6.85. The minimum atomic E-state index is 0.973. The standard InChI is InChI=1S/C49H32N2/c1-3-12-33(13-4-1)34-21-25-36(26-22-34)47-40-16-7-9-18-42(40)48(43-19-10-8-17-41(43)47)37-27-23-35(24-28-37)38-29-30-46-45(32-38)44-20-11-31-50-49(44)51(46)39-14-5-2-6-15-39/h1-32H. The normalized spacial score (nSPS) is 11.5. The highest BCUT2D eigenvalue weighted by atomic mass is 15.0. The maximum absolute atomic E-state index is 4.80. The Hall–Kier alpha value is -6.77. The van der Waals surface area contributed by atoms with E-state index in [0.29, 0.717) is 0 Å². The van der Waals surface area contributed by atoms with Crippen molar-refractivity contribution in [3.8, 4) is 50.2 Å². The van der Waals surface area contributed by atoms with Gasteiger partial charge in [-0.25, -0.2) is 4.98 Å². The van der Waals surface area contributed by atoms with Crippen LogP contribution < -0.4 is 0 Å². The van der Waals surface area contributed by atoms with Gasteiger partial charge in [0.25, 0.3) is 0 Å². The van der Waals surface area contributed by atoms with Gasteiger partial charge < -0.3 is 0 Å². The first-order valence-electron chi connectivity index (χ1n) is 17.5. The van der Waals surface area contributed by atoms with Crippen LogP contribution in [0.15, 0.2) is 194 Å². The smallest absolute Gasteiger partial charge is 0.145 e. The third-order valence-corrected chi connectivity index (χ3v) is 10.3. The second-order valence-electron chi connectivity index (χ2n) is 13.1. The van der Waals surface area contributed by atoms with E-state index in [1.807, 2.05) is 12.3 Å². The van der Waals surface area contributed by atoms with Crippen LogP contribution in [0.2, 0.25) is 0 Å². The molecule has 8 aromatic carbocycles. The number of nitrogens with zero attached hydrogens (tertiary/aromatic N) is 2. The van der Waals surface area contributed by atoms with Gasteiger partial charge in [0.15, 0.2) is 0 Å².